The molecular formula is C11H13ClO5S. The maximum atomic E-state index is 11.1. The van der Waals surface area contributed by atoms with Crippen molar-refractivity contribution in [3.63, 3.8) is 0 Å². The second-order valence-corrected chi connectivity index (χ2v) is 6.67. The van der Waals surface area contributed by atoms with Crippen LogP contribution in [0.2, 0.25) is 0 Å². The fraction of sp³-hybridized carbons (Fsp3) is 0.364. The molecule has 0 heterocycles. The number of aromatic carboxylic acids is 1. The number of benzene rings is 1. The van der Waals surface area contributed by atoms with Gasteiger partial charge in [-0.3, -0.25) is 0 Å². The highest BCUT2D eigenvalue weighted by molar-refractivity contribution is 8.13. The Morgan fingerprint density at radius 2 is 2.06 bits per heavy atom. The summed E-state index contributed by atoms with van der Waals surface area (Å²) in [6.07, 6.45) is 0. The summed E-state index contributed by atoms with van der Waals surface area (Å²) in [6.45, 7) is 4.17. The van der Waals surface area contributed by atoms with Crippen LogP contribution in [0.4, 0.5) is 0 Å². The zero-order valence-electron chi connectivity index (χ0n) is 9.88. The van der Waals surface area contributed by atoms with Gasteiger partial charge in [0.2, 0.25) is 0 Å². The van der Waals surface area contributed by atoms with Crippen molar-refractivity contribution < 1.29 is 23.1 Å². The molecule has 100 valence electrons. The number of halogens is 1. The number of ether oxygens (including phenoxy) is 1. The minimum atomic E-state index is -3.95. The summed E-state index contributed by atoms with van der Waals surface area (Å²) < 4.78 is 27.5. The first-order chi connectivity index (χ1) is 8.21. The third-order valence-electron chi connectivity index (χ3n) is 2.04. The fourth-order valence-corrected chi connectivity index (χ4v) is 1.99. The Bertz CT molecular complexity index is 551. The molecule has 5 nitrogen and oxygen atoms in total. The maximum absolute atomic E-state index is 11.1. The van der Waals surface area contributed by atoms with Crippen LogP contribution in [0.25, 0.3) is 0 Å². The molecule has 0 aliphatic rings. The molecule has 0 atom stereocenters. The molecule has 0 spiro atoms. The van der Waals surface area contributed by atoms with Crippen LogP contribution in [-0.4, -0.2) is 26.1 Å². The third-order valence-corrected chi connectivity index (χ3v) is 3.39. The summed E-state index contributed by atoms with van der Waals surface area (Å²) >= 11 is 0. The van der Waals surface area contributed by atoms with Gasteiger partial charge < -0.3 is 9.84 Å². The van der Waals surface area contributed by atoms with E-state index in [9.17, 15) is 13.2 Å². The quantitative estimate of drug-likeness (QED) is 0.843. The van der Waals surface area contributed by atoms with Crippen molar-refractivity contribution in [3.8, 4) is 5.75 Å². The normalized spacial score (nSPS) is 11.6. The fourth-order valence-electron chi connectivity index (χ4n) is 1.21. The minimum Gasteiger partial charge on any atom is -0.492 e. The topological polar surface area (TPSA) is 80.7 Å². The summed E-state index contributed by atoms with van der Waals surface area (Å²) in [5, 5.41) is 9.00. The molecule has 1 aromatic carbocycles. The molecule has 0 saturated carbocycles. The molecule has 18 heavy (non-hydrogen) atoms. The van der Waals surface area contributed by atoms with E-state index in [-0.39, 0.29) is 22.1 Å². The van der Waals surface area contributed by atoms with E-state index in [1.165, 1.54) is 12.1 Å². The SMILES string of the molecule is CC(C)COc1ccc(S(=O)(=O)Cl)cc1C(=O)O. The molecule has 0 saturated heterocycles. The van der Waals surface area contributed by atoms with Gasteiger partial charge in [0.25, 0.3) is 9.05 Å². The van der Waals surface area contributed by atoms with Gasteiger partial charge in [-0.15, -0.1) is 0 Å². The second kappa shape index (κ2) is 5.58. The average Bonchev–Trinajstić information content (AvgIpc) is 2.24. The molecule has 0 aromatic heterocycles. The monoisotopic (exact) mass is 292 g/mol. The molecule has 7 heteroatoms. The first-order valence-corrected chi connectivity index (χ1v) is 7.47. The van der Waals surface area contributed by atoms with Crippen molar-refractivity contribution in [1.82, 2.24) is 0 Å². The van der Waals surface area contributed by atoms with Crippen LogP contribution in [0.15, 0.2) is 23.1 Å². The number of hydrogen-bond acceptors (Lipinski definition) is 4. The molecule has 1 N–H and O–H groups in total. The number of rotatable bonds is 5. The molecule has 1 rings (SSSR count). The highest BCUT2D eigenvalue weighted by atomic mass is 35.7. The van der Waals surface area contributed by atoms with E-state index in [0.717, 1.165) is 6.07 Å². The van der Waals surface area contributed by atoms with Gasteiger partial charge in [0, 0.05) is 10.7 Å². The predicted octanol–water partition coefficient (Wildman–Crippen LogP) is 2.35. The predicted molar refractivity (Wildman–Crippen MR) is 66.8 cm³/mol. The van der Waals surface area contributed by atoms with Gasteiger partial charge in [-0.25, -0.2) is 13.2 Å². The van der Waals surface area contributed by atoms with E-state index in [0.29, 0.717) is 6.61 Å². The Morgan fingerprint density at radius 1 is 1.44 bits per heavy atom. The first-order valence-electron chi connectivity index (χ1n) is 5.16. The second-order valence-electron chi connectivity index (χ2n) is 4.11. The first kappa shape index (κ1) is 14.8. The lowest BCUT2D eigenvalue weighted by Crippen LogP contribution is -2.09. The van der Waals surface area contributed by atoms with Gasteiger partial charge in [-0.1, -0.05) is 13.8 Å². The van der Waals surface area contributed by atoms with Crippen molar-refractivity contribution in [2.24, 2.45) is 5.92 Å². The van der Waals surface area contributed by atoms with E-state index < -0.39 is 15.0 Å². The number of hydrogen-bond donors (Lipinski definition) is 1. The van der Waals surface area contributed by atoms with Crippen LogP contribution >= 0.6 is 10.7 Å². The Balaban J connectivity index is 3.17. The molecule has 0 amide bonds. The molecular weight excluding hydrogens is 280 g/mol. The number of carbonyl (C=O) groups is 1. The third kappa shape index (κ3) is 3.89. The lowest BCUT2D eigenvalue weighted by molar-refractivity contribution is 0.0691. The van der Waals surface area contributed by atoms with Gasteiger partial charge in [-0.2, -0.15) is 0 Å². The maximum Gasteiger partial charge on any atom is 0.339 e. The van der Waals surface area contributed by atoms with Crippen molar-refractivity contribution in [1.29, 1.82) is 0 Å². The molecule has 0 radical (unpaired) electrons. The molecule has 0 aliphatic heterocycles. The van der Waals surface area contributed by atoms with E-state index >= 15 is 0 Å². The summed E-state index contributed by atoms with van der Waals surface area (Å²) in [5.41, 5.74) is -0.225. The highest BCUT2D eigenvalue weighted by Gasteiger charge is 2.18. The van der Waals surface area contributed by atoms with Crippen molar-refractivity contribution in [2.45, 2.75) is 18.7 Å². The minimum absolute atomic E-state index is 0.125. The van der Waals surface area contributed by atoms with E-state index in [2.05, 4.69) is 0 Å². The van der Waals surface area contributed by atoms with Crippen LogP contribution < -0.4 is 4.74 Å². The Labute approximate surface area is 110 Å². The molecule has 1 aromatic rings. The van der Waals surface area contributed by atoms with Gasteiger partial charge >= 0.3 is 5.97 Å². The average molecular weight is 293 g/mol. The lowest BCUT2D eigenvalue weighted by Gasteiger charge is -2.11. The van der Waals surface area contributed by atoms with Crippen molar-refractivity contribution in [2.75, 3.05) is 6.61 Å². The van der Waals surface area contributed by atoms with E-state index in [1.807, 2.05) is 13.8 Å². The van der Waals surface area contributed by atoms with Crippen LogP contribution in [0.1, 0.15) is 24.2 Å². The van der Waals surface area contributed by atoms with Gasteiger partial charge in [0.15, 0.2) is 0 Å². The van der Waals surface area contributed by atoms with Gasteiger partial charge in [-0.05, 0) is 24.1 Å². The molecule has 0 aliphatic carbocycles. The number of carboxylic acids is 1. The lowest BCUT2D eigenvalue weighted by atomic mass is 10.2. The molecule has 0 unspecified atom stereocenters. The molecule has 0 fully saturated rings. The van der Waals surface area contributed by atoms with Gasteiger partial charge in [0.05, 0.1) is 11.5 Å². The van der Waals surface area contributed by atoms with Gasteiger partial charge in [0.1, 0.15) is 11.3 Å². The summed E-state index contributed by atoms with van der Waals surface area (Å²) in [5.74, 6) is -0.917. The van der Waals surface area contributed by atoms with Crippen LogP contribution in [-0.2, 0) is 9.05 Å². The van der Waals surface area contributed by atoms with E-state index in [1.54, 1.807) is 0 Å². The standard InChI is InChI=1S/C11H13ClO5S/c1-7(2)6-17-10-4-3-8(18(12,15)16)5-9(10)11(13)14/h3-5,7H,6H2,1-2H3,(H,13,14). The smallest absolute Gasteiger partial charge is 0.339 e. The molecule has 0 bridgehead atoms. The number of carboxylic acid groups (broad SMARTS) is 1. The van der Waals surface area contributed by atoms with Crippen molar-refractivity contribution in [3.05, 3.63) is 23.8 Å². The largest absolute Gasteiger partial charge is 0.492 e. The van der Waals surface area contributed by atoms with Crippen molar-refractivity contribution >= 4 is 25.7 Å². The zero-order chi connectivity index (χ0) is 13.9. The Morgan fingerprint density at radius 3 is 2.50 bits per heavy atom. The highest BCUT2D eigenvalue weighted by Crippen LogP contribution is 2.25. The summed E-state index contributed by atoms with van der Waals surface area (Å²) in [6, 6.07) is 3.49. The Hall–Kier alpha value is -1.27. The summed E-state index contributed by atoms with van der Waals surface area (Å²) in [4.78, 5) is 10.8. The Kier molecular flexibility index (Phi) is 4.59. The van der Waals surface area contributed by atoms with E-state index in [4.69, 9.17) is 20.5 Å². The van der Waals surface area contributed by atoms with Crippen LogP contribution in [0.3, 0.4) is 0 Å². The summed E-state index contributed by atoms with van der Waals surface area (Å²) in [7, 11) is 1.20. The zero-order valence-corrected chi connectivity index (χ0v) is 11.5. The van der Waals surface area contributed by atoms with Crippen LogP contribution in [0.5, 0.6) is 5.75 Å². The van der Waals surface area contributed by atoms with Crippen LogP contribution in [0, 0.1) is 5.92 Å².